The van der Waals surface area contributed by atoms with E-state index in [1.165, 1.54) is 19.3 Å². The van der Waals surface area contributed by atoms with Gasteiger partial charge in [-0.1, -0.05) is 44.7 Å². The van der Waals surface area contributed by atoms with Gasteiger partial charge in [0.2, 0.25) is 5.91 Å². The van der Waals surface area contributed by atoms with Gasteiger partial charge < -0.3 is 10.6 Å². The van der Waals surface area contributed by atoms with Crippen molar-refractivity contribution < 1.29 is 9.59 Å². The maximum Gasteiger partial charge on any atom is 0.251 e. The molecule has 1 fully saturated rings. The lowest BCUT2D eigenvalue weighted by atomic mass is 9.88. The van der Waals surface area contributed by atoms with E-state index in [1.54, 1.807) is 0 Å². The number of carbonyl (C=O) groups excluding carboxylic acids is 2. The summed E-state index contributed by atoms with van der Waals surface area (Å²) in [6.07, 6.45) is 7.69. The maximum atomic E-state index is 12.1. The van der Waals surface area contributed by atoms with Crippen LogP contribution >= 0.6 is 0 Å². The van der Waals surface area contributed by atoms with Crippen molar-refractivity contribution in [2.45, 2.75) is 58.4 Å². The number of hydrogen-bond donors (Lipinski definition) is 2. The monoisotopic (exact) mass is 316 g/mol. The van der Waals surface area contributed by atoms with E-state index < -0.39 is 0 Å². The van der Waals surface area contributed by atoms with Crippen LogP contribution in [0.4, 0.5) is 0 Å². The summed E-state index contributed by atoms with van der Waals surface area (Å²) >= 11 is 0. The van der Waals surface area contributed by atoms with Gasteiger partial charge in [-0.15, -0.1) is 0 Å². The number of unbranched alkanes of at least 4 members (excludes halogenated alkanes) is 1. The van der Waals surface area contributed by atoms with Crippen molar-refractivity contribution >= 4 is 11.8 Å². The number of rotatable bonds is 7. The Morgan fingerprint density at radius 3 is 2.39 bits per heavy atom. The van der Waals surface area contributed by atoms with Crippen LogP contribution in [0.15, 0.2) is 24.3 Å². The molecule has 126 valence electrons. The van der Waals surface area contributed by atoms with Crippen LogP contribution in [0.1, 0.15) is 67.8 Å². The minimum absolute atomic E-state index is 0.0313. The fourth-order valence-electron chi connectivity index (χ4n) is 2.95. The summed E-state index contributed by atoms with van der Waals surface area (Å²) in [5.41, 5.74) is 1.70. The first-order chi connectivity index (χ1) is 11.2. The predicted molar refractivity (Wildman–Crippen MR) is 92.1 cm³/mol. The summed E-state index contributed by atoms with van der Waals surface area (Å²) in [6, 6.07) is 7.47. The average molecular weight is 316 g/mol. The molecule has 1 saturated carbocycles. The molecule has 2 N–H and O–H groups in total. The molecule has 0 bridgehead atoms. The molecule has 0 radical (unpaired) electrons. The Morgan fingerprint density at radius 1 is 1.04 bits per heavy atom. The Morgan fingerprint density at radius 2 is 1.74 bits per heavy atom. The molecule has 0 atom stereocenters. The standard InChI is InChI=1S/C19H28N2O2/c1-2-3-13-20-18(22)17-11-9-15(10-12-17)14-21-19(23)16-7-5-4-6-8-16/h9-12,16H,2-8,13-14H2,1H3,(H,20,22)(H,21,23). The molecule has 0 aromatic heterocycles. The fourth-order valence-corrected chi connectivity index (χ4v) is 2.95. The number of benzene rings is 1. The molecule has 23 heavy (non-hydrogen) atoms. The van der Waals surface area contributed by atoms with Crippen LogP contribution in [-0.2, 0) is 11.3 Å². The molecule has 0 saturated heterocycles. The van der Waals surface area contributed by atoms with Crippen LogP contribution in [0.5, 0.6) is 0 Å². The highest BCUT2D eigenvalue weighted by Crippen LogP contribution is 2.23. The van der Waals surface area contributed by atoms with Crippen molar-refractivity contribution in [2.75, 3.05) is 6.54 Å². The molecule has 4 heteroatoms. The smallest absolute Gasteiger partial charge is 0.251 e. The van der Waals surface area contributed by atoms with Gasteiger partial charge in [0, 0.05) is 24.6 Å². The van der Waals surface area contributed by atoms with E-state index >= 15 is 0 Å². The zero-order valence-corrected chi connectivity index (χ0v) is 14.1. The Labute approximate surface area is 139 Å². The molecule has 1 aliphatic rings. The molecule has 0 unspecified atom stereocenters. The Hall–Kier alpha value is -1.84. The molecule has 2 rings (SSSR count). The number of carbonyl (C=O) groups is 2. The van der Waals surface area contributed by atoms with Crippen LogP contribution in [0.25, 0.3) is 0 Å². The molecule has 0 spiro atoms. The van der Waals surface area contributed by atoms with Crippen LogP contribution in [0, 0.1) is 5.92 Å². The van der Waals surface area contributed by atoms with Crippen LogP contribution in [0.3, 0.4) is 0 Å². The fraction of sp³-hybridized carbons (Fsp3) is 0.579. The minimum atomic E-state index is -0.0313. The lowest BCUT2D eigenvalue weighted by molar-refractivity contribution is -0.126. The summed E-state index contributed by atoms with van der Waals surface area (Å²) < 4.78 is 0. The van der Waals surface area contributed by atoms with E-state index in [0.29, 0.717) is 18.7 Å². The van der Waals surface area contributed by atoms with Crippen LogP contribution < -0.4 is 10.6 Å². The van der Waals surface area contributed by atoms with Gasteiger partial charge in [-0.05, 0) is 37.0 Å². The lowest BCUT2D eigenvalue weighted by Crippen LogP contribution is -2.31. The highest BCUT2D eigenvalue weighted by Gasteiger charge is 2.20. The largest absolute Gasteiger partial charge is 0.352 e. The second kappa shape index (κ2) is 9.33. The molecule has 1 aromatic rings. The number of nitrogens with one attached hydrogen (secondary N) is 2. The van der Waals surface area contributed by atoms with Crippen LogP contribution in [-0.4, -0.2) is 18.4 Å². The summed E-state index contributed by atoms with van der Waals surface area (Å²) in [5, 5.41) is 5.92. The lowest BCUT2D eigenvalue weighted by Gasteiger charge is -2.20. The first kappa shape index (κ1) is 17.5. The van der Waals surface area contributed by atoms with Crippen molar-refractivity contribution in [3.05, 3.63) is 35.4 Å². The van der Waals surface area contributed by atoms with Crippen molar-refractivity contribution in [2.24, 2.45) is 5.92 Å². The van der Waals surface area contributed by atoms with E-state index in [1.807, 2.05) is 24.3 Å². The van der Waals surface area contributed by atoms with E-state index in [9.17, 15) is 9.59 Å². The second-order valence-corrected chi connectivity index (χ2v) is 6.36. The van der Waals surface area contributed by atoms with E-state index in [0.717, 1.165) is 31.2 Å². The Balaban J connectivity index is 1.78. The first-order valence-electron chi connectivity index (χ1n) is 8.85. The topological polar surface area (TPSA) is 58.2 Å². The average Bonchev–Trinajstić information content (AvgIpc) is 2.61. The van der Waals surface area contributed by atoms with Gasteiger partial charge in [0.25, 0.3) is 5.91 Å². The van der Waals surface area contributed by atoms with Gasteiger partial charge in [0.15, 0.2) is 0 Å². The maximum absolute atomic E-state index is 12.1. The van der Waals surface area contributed by atoms with Gasteiger partial charge in [-0.25, -0.2) is 0 Å². The first-order valence-corrected chi connectivity index (χ1v) is 8.85. The van der Waals surface area contributed by atoms with Gasteiger partial charge in [0.1, 0.15) is 0 Å². The zero-order chi connectivity index (χ0) is 16.5. The third kappa shape index (κ3) is 5.70. The van der Waals surface area contributed by atoms with Crippen molar-refractivity contribution in [1.82, 2.24) is 10.6 Å². The normalized spacial score (nSPS) is 15.2. The quantitative estimate of drug-likeness (QED) is 0.757. The summed E-state index contributed by atoms with van der Waals surface area (Å²) in [5.74, 6) is 0.328. The van der Waals surface area contributed by atoms with Crippen LogP contribution in [0.2, 0.25) is 0 Å². The third-order valence-corrected chi connectivity index (χ3v) is 4.47. The number of amides is 2. The van der Waals surface area contributed by atoms with Crippen molar-refractivity contribution in [3.63, 3.8) is 0 Å². The minimum Gasteiger partial charge on any atom is -0.352 e. The summed E-state index contributed by atoms with van der Waals surface area (Å²) in [4.78, 5) is 24.0. The zero-order valence-electron chi connectivity index (χ0n) is 14.1. The predicted octanol–water partition coefficient (Wildman–Crippen LogP) is 3.41. The summed E-state index contributed by atoms with van der Waals surface area (Å²) in [7, 11) is 0. The molecule has 1 aromatic carbocycles. The number of hydrogen-bond acceptors (Lipinski definition) is 2. The van der Waals surface area contributed by atoms with E-state index in [-0.39, 0.29) is 17.7 Å². The van der Waals surface area contributed by atoms with Gasteiger partial charge in [-0.2, -0.15) is 0 Å². The summed E-state index contributed by atoms with van der Waals surface area (Å²) in [6.45, 7) is 3.35. The molecule has 2 amide bonds. The third-order valence-electron chi connectivity index (χ3n) is 4.47. The van der Waals surface area contributed by atoms with Crippen molar-refractivity contribution in [1.29, 1.82) is 0 Å². The molecule has 0 aliphatic heterocycles. The van der Waals surface area contributed by atoms with Gasteiger partial charge in [0.05, 0.1) is 0 Å². The van der Waals surface area contributed by atoms with E-state index in [4.69, 9.17) is 0 Å². The second-order valence-electron chi connectivity index (χ2n) is 6.36. The van der Waals surface area contributed by atoms with Gasteiger partial charge >= 0.3 is 0 Å². The molecule has 4 nitrogen and oxygen atoms in total. The molecule has 0 heterocycles. The molecule has 1 aliphatic carbocycles. The molecular formula is C19H28N2O2. The highest BCUT2D eigenvalue weighted by molar-refractivity contribution is 5.94. The van der Waals surface area contributed by atoms with E-state index in [2.05, 4.69) is 17.6 Å². The molecular weight excluding hydrogens is 288 g/mol. The Kier molecular flexibility index (Phi) is 7.11. The SMILES string of the molecule is CCCCNC(=O)c1ccc(CNC(=O)C2CCCCC2)cc1. The van der Waals surface area contributed by atoms with Crippen molar-refractivity contribution in [3.8, 4) is 0 Å². The highest BCUT2D eigenvalue weighted by atomic mass is 16.2. The Bertz CT molecular complexity index is 505. The van der Waals surface area contributed by atoms with Gasteiger partial charge in [-0.3, -0.25) is 9.59 Å².